The zero-order valence-electron chi connectivity index (χ0n) is 12.6. The number of nitrogens with zero attached hydrogens (tertiary/aromatic N) is 1. The summed E-state index contributed by atoms with van der Waals surface area (Å²) < 4.78 is 27.5. The molecule has 1 aliphatic rings. The first-order chi connectivity index (χ1) is 10.7. The van der Waals surface area contributed by atoms with Crippen LogP contribution in [0.2, 0.25) is 0 Å². The van der Waals surface area contributed by atoms with Crippen LogP contribution in [0.4, 0.5) is 0 Å². The van der Waals surface area contributed by atoms with E-state index >= 15 is 0 Å². The van der Waals surface area contributed by atoms with Crippen molar-refractivity contribution in [1.82, 2.24) is 5.06 Å². The van der Waals surface area contributed by atoms with E-state index in [1.807, 2.05) is 37.4 Å². The Morgan fingerprint density at radius 1 is 1.17 bits per heavy atom. The van der Waals surface area contributed by atoms with Gasteiger partial charge >= 0.3 is 39.9 Å². The van der Waals surface area contributed by atoms with Crippen LogP contribution in [0.5, 0.6) is 0 Å². The zero-order chi connectivity index (χ0) is 17.5. The maximum atomic E-state index is 10.8. The van der Waals surface area contributed by atoms with Crippen LogP contribution in [0.1, 0.15) is 24.9 Å². The first-order valence-corrected chi connectivity index (χ1v) is 5.90. The molecule has 1 aromatic carbocycles. The number of hydrogen-bond acceptors (Lipinski definition) is 4. The van der Waals surface area contributed by atoms with Gasteiger partial charge in [-0.05, 0) is 5.56 Å². The molecular formula is C15H15CrNO6. The molecule has 122 valence electrons. The molecule has 0 unspecified atom stereocenters. The first-order valence-electron chi connectivity index (χ1n) is 5.90. The van der Waals surface area contributed by atoms with E-state index in [0.29, 0.717) is 6.42 Å². The Hall–Kier alpha value is -1.64. The second-order valence-electron chi connectivity index (χ2n) is 3.85. The number of ether oxygens (including phenoxy) is 1. The van der Waals surface area contributed by atoms with Crippen LogP contribution in [-0.4, -0.2) is 24.4 Å². The minimum Gasteiger partial charge on any atom is 0 e. The molecule has 1 heterocycles. The van der Waals surface area contributed by atoms with Crippen LogP contribution < -0.4 is 0 Å². The van der Waals surface area contributed by atoms with Gasteiger partial charge in [-0.3, -0.25) is 9.63 Å². The molecule has 0 radical (unpaired) electrons. The summed E-state index contributed by atoms with van der Waals surface area (Å²) in [5.41, 5.74) is 1.17. The van der Waals surface area contributed by atoms with Gasteiger partial charge in [0.15, 0.2) is 0 Å². The molecule has 1 saturated heterocycles. The Balaban J connectivity index is -0.000000514. The van der Waals surface area contributed by atoms with Gasteiger partial charge in [0.05, 0.1) is 6.04 Å². The van der Waals surface area contributed by atoms with Gasteiger partial charge in [-0.1, -0.05) is 30.3 Å². The van der Waals surface area contributed by atoms with Crippen molar-refractivity contribution < 1.29 is 45.7 Å². The van der Waals surface area contributed by atoms with Crippen LogP contribution in [0.15, 0.2) is 30.3 Å². The summed E-state index contributed by atoms with van der Waals surface area (Å²) in [4.78, 5) is 16.3. The Morgan fingerprint density at radius 3 is 2.09 bits per heavy atom. The van der Waals surface area contributed by atoms with Gasteiger partial charge < -0.3 is 4.74 Å². The van der Waals surface area contributed by atoms with E-state index in [1.165, 1.54) is 12.5 Å². The van der Waals surface area contributed by atoms with Crippen molar-refractivity contribution in [3.63, 3.8) is 0 Å². The van der Waals surface area contributed by atoms with Crippen molar-refractivity contribution in [2.75, 3.05) is 7.05 Å². The van der Waals surface area contributed by atoms with Crippen LogP contribution in [-0.2, 0) is 45.7 Å². The number of benzene rings is 1. The molecule has 0 aromatic heterocycles. The molecule has 0 bridgehead atoms. The molecule has 1 aromatic rings. The van der Waals surface area contributed by atoms with E-state index < -0.39 is 6.29 Å². The monoisotopic (exact) mass is 357 g/mol. The largest absolute Gasteiger partial charge is 0 e. The van der Waals surface area contributed by atoms with Gasteiger partial charge in [-0.25, -0.2) is 0 Å². The Kier molecular flexibility index (Phi) is 19.1. The second-order valence-corrected chi connectivity index (χ2v) is 3.85. The summed E-state index contributed by atoms with van der Waals surface area (Å²) in [7, 11) is 1.85. The third kappa shape index (κ3) is 9.88. The fourth-order valence-corrected chi connectivity index (χ4v) is 1.91. The van der Waals surface area contributed by atoms with Gasteiger partial charge in [0, 0.05) is 37.8 Å². The molecule has 2 rings (SSSR count). The molecule has 23 heavy (non-hydrogen) atoms. The van der Waals surface area contributed by atoms with Crippen LogP contribution in [0.3, 0.4) is 0 Å². The minimum absolute atomic E-state index is 0. The number of carbonyl (C=O) groups is 1. The van der Waals surface area contributed by atoms with Gasteiger partial charge in [0.1, 0.15) is 0 Å². The molecule has 0 spiro atoms. The third-order valence-corrected chi connectivity index (χ3v) is 2.62. The number of esters is 1. The quantitative estimate of drug-likeness (QED) is 0.457. The molecule has 0 aliphatic carbocycles. The minimum atomic E-state index is -0.465. The van der Waals surface area contributed by atoms with E-state index in [9.17, 15) is 4.79 Å². The van der Waals surface area contributed by atoms with Gasteiger partial charge in [0.25, 0.3) is 0 Å². The average molecular weight is 357 g/mol. The Bertz CT molecular complexity index is 473. The van der Waals surface area contributed by atoms with Crippen molar-refractivity contribution in [3.05, 3.63) is 55.8 Å². The summed E-state index contributed by atoms with van der Waals surface area (Å²) in [5.74, 6) is -0.313. The smallest absolute Gasteiger partial charge is 0 e. The van der Waals surface area contributed by atoms with E-state index in [1.54, 1.807) is 5.06 Å². The summed E-state index contributed by atoms with van der Waals surface area (Å²) >= 11 is 0. The molecule has 7 nitrogen and oxygen atoms in total. The normalized spacial score (nSPS) is 18.1. The van der Waals surface area contributed by atoms with Gasteiger partial charge in [0.2, 0.25) is 6.29 Å². The number of hydroxylamine groups is 2. The molecule has 0 saturated carbocycles. The maximum absolute atomic E-state index is 10.8. The molecule has 0 N–H and O–H groups in total. The summed E-state index contributed by atoms with van der Waals surface area (Å²) in [6.45, 7) is 14.9. The summed E-state index contributed by atoms with van der Waals surface area (Å²) in [6, 6.07) is 10.2. The summed E-state index contributed by atoms with van der Waals surface area (Å²) in [5, 5.41) is 1.74. The topological polar surface area (TPSA) is 98.5 Å². The van der Waals surface area contributed by atoms with E-state index in [0.717, 1.165) is 0 Å². The number of rotatable bonds is 2. The standard InChI is InChI=1S/C12H15NO3.3CO.Cr/c1-9(14)15-12-8-11(13(2)16-12)10-6-4-3-5-7-10;3*1-2;/h3-7,11-12H,8H2,1-2H3;;;;/t11-,12-;;;;/m0..../s1. The maximum Gasteiger partial charge on any atom is 0 e. The molecule has 8 heteroatoms. The van der Waals surface area contributed by atoms with Crippen molar-refractivity contribution in [1.29, 1.82) is 0 Å². The van der Waals surface area contributed by atoms with Crippen molar-refractivity contribution >= 4 is 5.97 Å². The third-order valence-electron chi connectivity index (χ3n) is 2.62. The van der Waals surface area contributed by atoms with Gasteiger partial charge in [-0.15, -0.1) is 0 Å². The van der Waals surface area contributed by atoms with E-state index in [-0.39, 0.29) is 29.4 Å². The predicted molar refractivity (Wildman–Crippen MR) is 70.0 cm³/mol. The second kappa shape index (κ2) is 16.7. The predicted octanol–water partition coefficient (Wildman–Crippen LogP) is 1.77. The van der Waals surface area contributed by atoms with Gasteiger partial charge in [-0.2, -0.15) is 5.06 Å². The molecular weight excluding hydrogens is 342 g/mol. The van der Waals surface area contributed by atoms with E-state index in [2.05, 4.69) is 20.0 Å². The van der Waals surface area contributed by atoms with Crippen LogP contribution >= 0.6 is 0 Å². The fourth-order valence-electron chi connectivity index (χ4n) is 1.91. The summed E-state index contributed by atoms with van der Waals surface area (Å²) in [6.07, 6.45) is 0.202. The average Bonchev–Trinajstić information content (AvgIpc) is 2.93. The molecule has 1 fully saturated rings. The SMILES string of the molecule is CC(=O)O[C@@H]1C[C@@H](c2ccccc2)N(C)O1.[C-]#[O+].[C-]#[O+].[C-]#[O+].[Cr]. The van der Waals surface area contributed by atoms with Crippen LogP contribution in [0, 0.1) is 20.0 Å². The van der Waals surface area contributed by atoms with Crippen LogP contribution in [0.25, 0.3) is 0 Å². The number of hydrogen-bond donors (Lipinski definition) is 0. The Labute approximate surface area is 145 Å². The van der Waals surface area contributed by atoms with Crippen molar-refractivity contribution in [2.24, 2.45) is 0 Å². The first kappa shape index (κ1) is 26.3. The van der Waals surface area contributed by atoms with Crippen molar-refractivity contribution in [2.45, 2.75) is 25.7 Å². The zero-order valence-corrected chi connectivity index (χ0v) is 13.8. The van der Waals surface area contributed by atoms with Crippen molar-refractivity contribution in [3.8, 4) is 0 Å². The molecule has 1 aliphatic heterocycles. The molecule has 2 atom stereocenters. The fraction of sp³-hybridized carbons (Fsp3) is 0.333. The van der Waals surface area contributed by atoms with E-state index in [4.69, 9.17) is 23.5 Å². The Morgan fingerprint density at radius 2 is 1.65 bits per heavy atom. The molecule has 0 amide bonds. The number of carbonyl (C=O) groups excluding carboxylic acids is 1.